The van der Waals surface area contributed by atoms with E-state index in [0.717, 1.165) is 11.1 Å². The first-order chi connectivity index (χ1) is 11.1. The molecule has 0 fully saturated rings. The summed E-state index contributed by atoms with van der Waals surface area (Å²) in [6, 6.07) is 19.0. The van der Waals surface area contributed by atoms with Crippen molar-refractivity contribution in [2.24, 2.45) is 0 Å². The van der Waals surface area contributed by atoms with Crippen LogP contribution < -0.4 is 24.0 Å². The van der Waals surface area contributed by atoms with Gasteiger partial charge < -0.3 is 14.9 Å². The van der Waals surface area contributed by atoms with Crippen LogP contribution in [0.5, 0.6) is 0 Å². The molecule has 0 atom stereocenters. The summed E-state index contributed by atoms with van der Waals surface area (Å²) in [4.78, 5) is 15.9. The summed E-state index contributed by atoms with van der Waals surface area (Å²) in [5.41, 5.74) is 2.47. The van der Waals surface area contributed by atoms with Crippen molar-refractivity contribution in [2.45, 2.75) is 6.42 Å². The minimum Gasteiger partial charge on any atom is -0.860 e. The number of hydrogen-bond donors (Lipinski definition) is 0. The van der Waals surface area contributed by atoms with Crippen LogP contribution in [0.25, 0.3) is 0 Å². The summed E-state index contributed by atoms with van der Waals surface area (Å²) in [6.45, 7) is 0.705. The van der Waals surface area contributed by atoms with E-state index in [1.54, 1.807) is 29.0 Å². The molecule has 2 aromatic rings. The second-order valence-electron chi connectivity index (χ2n) is 5.78. The molecule has 0 bridgehead atoms. The quantitative estimate of drug-likeness (QED) is 0.672. The molecule has 0 spiro atoms. The van der Waals surface area contributed by atoms with Gasteiger partial charge in [0.1, 0.15) is 0 Å². The van der Waals surface area contributed by atoms with Crippen molar-refractivity contribution >= 4 is 5.91 Å². The number of benzene rings is 2. The van der Waals surface area contributed by atoms with Gasteiger partial charge >= 0.3 is 18.9 Å². The van der Waals surface area contributed by atoms with Gasteiger partial charge in [0.2, 0.25) is 0 Å². The molecule has 1 amide bonds. The van der Waals surface area contributed by atoms with Crippen LogP contribution in [-0.4, -0.2) is 36.0 Å². The Hall–Kier alpha value is -2.15. The Bertz CT molecular complexity index is 717. The SMILES string of the molecule is CN1CN(C(=O)c2ccccc2)CC(Cc2ccccc2)=C1[O-].[Li+]. The Morgan fingerprint density at radius 1 is 1.04 bits per heavy atom. The van der Waals surface area contributed by atoms with Crippen LogP contribution in [0.2, 0.25) is 0 Å². The molecule has 1 heterocycles. The summed E-state index contributed by atoms with van der Waals surface area (Å²) in [7, 11) is 1.73. The van der Waals surface area contributed by atoms with Crippen LogP contribution in [0, 0.1) is 0 Å². The molecule has 0 saturated heterocycles. The zero-order valence-electron chi connectivity index (χ0n) is 14.1. The number of nitrogens with zero attached hydrogens (tertiary/aromatic N) is 2. The molecule has 24 heavy (non-hydrogen) atoms. The van der Waals surface area contributed by atoms with Crippen molar-refractivity contribution < 1.29 is 28.8 Å². The Morgan fingerprint density at radius 3 is 2.25 bits per heavy atom. The van der Waals surface area contributed by atoms with Gasteiger partial charge in [-0.05, 0) is 35.6 Å². The van der Waals surface area contributed by atoms with Gasteiger partial charge in [0.25, 0.3) is 5.91 Å². The van der Waals surface area contributed by atoms with E-state index in [4.69, 9.17) is 0 Å². The monoisotopic (exact) mass is 314 g/mol. The molecule has 0 radical (unpaired) electrons. The molecule has 1 aliphatic heterocycles. The number of amides is 1. The summed E-state index contributed by atoms with van der Waals surface area (Å²) in [5.74, 6) is -0.0264. The third kappa shape index (κ3) is 4.03. The van der Waals surface area contributed by atoms with Crippen molar-refractivity contribution in [2.75, 3.05) is 20.3 Å². The molecule has 0 saturated carbocycles. The van der Waals surface area contributed by atoms with E-state index < -0.39 is 0 Å². The topological polar surface area (TPSA) is 46.6 Å². The van der Waals surface area contributed by atoms with Crippen molar-refractivity contribution in [1.29, 1.82) is 0 Å². The molecular weight excluding hydrogens is 295 g/mol. The van der Waals surface area contributed by atoms with Gasteiger partial charge in [0, 0.05) is 19.2 Å². The normalized spacial score (nSPS) is 14.4. The maximum atomic E-state index is 12.6. The molecule has 4 nitrogen and oxygen atoms in total. The summed E-state index contributed by atoms with van der Waals surface area (Å²) in [5, 5.41) is 12.4. The fourth-order valence-corrected chi connectivity index (χ4v) is 2.81. The van der Waals surface area contributed by atoms with E-state index >= 15 is 0 Å². The second-order valence-corrected chi connectivity index (χ2v) is 5.78. The number of hydrogen-bond acceptors (Lipinski definition) is 3. The average molecular weight is 314 g/mol. The van der Waals surface area contributed by atoms with Crippen LogP contribution in [0.4, 0.5) is 0 Å². The molecule has 0 aromatic heterocycles. The van der Waals surface area contributed by atoms with Gasteiger partial charge in [0.15, 0.2) is 0 Å². The maximum absolute atomic E-state index is 12.6. The van der Waals surface area contributed by atoms with Gasteiger partial charge in [-0.1, -0.05) is 48.5 Å². The van der Waals surface area contributed by atoms with Crippen molar-refractivity contribution in [1.82, 2.24) is 9.80 Å². The average Bonchev–Trinajstić information content (AvgIpc) is 2.60. The predicted molar refractivity (Wildman–Crippen MR) is 87.3 cm³/mol. The molecule has 1 aliphatic rings. The minimum absolute atomic E-state index is 0. The summed E-state index contributed by atoms with van der Waals surface area (Å²) >= 11 is 0. The Labute approximate surface area is 154 Å². The summed E-state index contributed by atoms with van der Waals surface area (Å²) < 4.78 is 0. The van der Waals surface area contributed by atoms with E-state index in [0.29, 0.717) is 25.2 Å². The van der Waals surface area contributed by atoms with Gasteiger partial charge in [0.05, 0.1) is 6.67 Å². The van der Waals surface area contributed by atoms with Crippen molar-refractivity contribution in [3.63, 3.8) is 0 Å². The van der Waals surface area contributed by atoms with E-state index in [1.807, 2.05) is 48.5 Å². The number of rotatable bonds is 3. The van der Waals surface area contributed by atoms with Gasteiger partial charge in [-0.25, -0.2) is 0 Å². The summed E-state index contributed by atoms with van der Waals surface area (Å²) in [6.07, 6.45) is 0.572. The third-order valence-electron chi connectivity index (χ3n) is 3.98. The van der Waals surface area contributed by atoms with Gasteiger partial charge in [-0.15, -0.1) is 0 Å². The van der Waals surface area contributed by atoms with Crippen LogP contribution >= 0.6 is 0 Å². The fraction of sp³-hybridized carbons (Fsp3) is 0.211. The Balaban J connectivity index is 0.00000208. The zero-order valence-corrected chi connectivity index (χ0v) is 14.1. The van der Waals surface area contributed by atoms with Gasteiger partial charge in [-0.3, -0.25) is 4.79 Å². The third-order valence-corrected chi connectivity index (χ3v) is 3.98. The van der Waals surface area contributed by atoms with Gasteiger partial charge in [-0.2, -0.15) is 0 Å². The molecule has 118 valence electrons. The number of carbonyl (C=O) groups is 1. The van der Waals surface area contributed by atoms with E-state index in [-0.39, 0.29) is 30.7 Å². The van der Waals surface area contributed by atoms with Crippen LogP contribution in [0.15, 0.2) is 72.1 Å². The molecule has 5 heteroatoms. The standard InChI is InChI=1S/C19H20N2O2.Li/c1-20-14-21(19(23)16-10-6-3-7-11-16)13-17(18(20)22)12-15-8-4-2-5-9-15;/h2-11,22H,12-14H2,1H3;/q;+1/p-1. The van der Waals surface area contributed by atoms with Crippen molar-refractivity contribution in [3.05, 3.63) is 83.2 Å². The molecule has 2 aromatic carbocycles. The van der Waals surface area contributed by atoms with E-state index in [1.165, 1.54) is 0 Å². The Kier molecular flexibility index (Phi) is 6.14. The molecule has 0 unspecified atom stereocenters. The number of carbonyl (C=O) groups excluding carboxylic acids is 1. The van der Waals surface area contributed by atoms with Crippen LogP contribution in [0.1, 0.15) is 15.9 Å². The van der Waals surface area contributed by atoms with Crippen molar-refractivity contribution in [3.8, 4) is 0 Å². The minimum atomic E-state index is -0.0458. The molecule has 0 aliphatic carbocycles. The fourth-order valence-electron chi connectivity index (χ4n) is 2.81. The molecule has 3 rings (SSSR count). The molecular formula is C19H19LiN2O2. The first kappa shape index (κ1) is 18.2. The Morgan fingerprint density at radius 2 is 1.62 bits per heavy atom. The first-order valence-corrected chi connectivity index (χ1v) is 7.63. The first-order valence-electron chi connectivity index (χ1n) is 7.63. The van der Waals surface area contributed by atoms with Crippen LogP contribution in [0.3, 0.4) is 0 Å². The van der Waals surface area contributed by atoms with E-state index in [2.05, 4.69) is 0 Å². The molecule has 0 N–H and O–H groups in total. The van der Waals surface area contributed by atoms with Crippen LogP contribution in [-0.2, 0) is 6.42 Å². The largest absolute Gasteiger partial charge is 1.00 e. The maximum Gasteiger partial charge on any atom is 1.00 e. The zero-order chi connectivity index (χ0) is 16.2. The smallest absolute Gasteiger partial charge is 0.860 e. The van der Waals surface area contributed by atoms with E-state index in [9.17, 15) is 9.90 Å². The second kappa shape index (κ2) is 8.10. The predicted octanol–water partition coefficient (Wildman–Crippen LogP) is -1.15.